The Morgan fingerprint density at radius 1 is 0.871 bits per heavy atom. The first-order valence-electron chi connectivity index (χ1n) is 9.66. The summed E-state index contributed by atoms with van der Waals surface area (Å²) >= 11 is 0. The van der Waals surface area contributed by atoms with Gasteiger partial charge in [0.05, 0.1) is 6.57 Å². The minimum absolute atomic E-state index is 0.0425. The Labute approximate surface area is 181 Å². The highest BCUT2D eigenvalue weighted by Crippen LogP contribution is 2.25. The van der Waals surface area contributed by atoms with E-state index in [4.69, 9.17) is 20.8 Å². The first-order chi connectivity index (χ1) is 14.9. The van der Waals surface area contributed by atoms with Crippen LogP contribution in [0.25, 0.3) is 16.0 Å². The number of esters is 3. The van der Waals surface area contributed by atoms with Crippen molar-refractivity contribution >= 4 is 23.6 Å². The number of carbonyl (C=O) groups excluding carboxylic acids is 3. The van der Waals surface area contributed by atoms with Crippen molar-refractivity contribution in [2.75, 3.05) is 13.2 Å². The Morgan fingerprint density at radius 3 is 2.00 bits per heavy atom. The van der Waals surface area contributed by atoms with Crippen molar-refractivity contribution in [1.82, 2.24) is 0 Å². The molecule has 0 atom stereocenters. The van der Waals surface area contributed by atoms with Crippen molar-refractivity contribution in [3.05, 3.63) is 72.1 Å². The molecule has 0 saturated heterocycles. The molecule has 160 valence electrons. The first-order valence-corrected chi connectivity index (χ1v) is 9.66. The minimum Gasteiger partial charge on any atom is -0.462 e. The molecule has 7 nitrogen and oxygen atoms in total. The number of rotatable bonds is 10. The number of carbonyl (C=O) groups is 3. The van der Waals surface area contributed by atoms with E-state index in [1.165, 1.54) is 6.92 Å². The van der Waals surface area contributed by atoms with Crippen molar-refractivity contribution < 1.29 is 28.6 Å². The second-order valence-corrected chi connectivity index (χ2v) is 6.65. The van der Waals surface area contributed by atoms with E-state index < -0.39 is 17.9 Å². The molecular weight excluding hydrogens is 398 g/mol. The van der Waals surface area contributed by atoms with Gasteiger partial charge in [0.25, 0.3) is 0 Å². The van der Waals surface area contributed by atoms with Gasteiger partial charge in [-0.1, -0.05) is 43.0 Å². The molecule has 0 bridgehead atoms. The standard InChI is InChI=1S/C24H23NO6/c1-17(2)24(28)30-16-15-29-22(26)5-4-6-23(27)31-21-13-9-19(10-14-21)18-7-11-20(25-3)12-8-18/h7-14H,1,4-6,15-16H2,2H3. The molecule has 2 aromatic carbocycles. The van der Waals surface area contributed by atoms with Gasteiger partial charge < -0.3 is 14.2 Å². The van der Waals surface area contributed by atoms with Crippen LogP contribution >= 0.6 is 0 Å². The van der Waals surface area contributed by atoms with E-state index in [0.29, 0.717) is 11.4 Å². The largest absolute Gasteiger partial charge is 0.462 e. The van der Waals surface area contributed by atoms with Crippen LogP contribution in [0.2, 0.25) is 0 Å². The van der Waals surface area contributed by atoms with Crippen LogP contribution in [0.1, 0.15) is 26.2 Å². The highest BCUT2D eigenvalue weighted by molar-refractivity contribution is 5.86. The quantitative estimate of drug-likeness (QED) is 0.183. The zero-order chi connectivity index (χ0) is 22.6. The summed E-state index contributed by atoms with van der Waals surface area (Å²) in [4.78, 5) is 38.1. The first kappa shape index (κ1) is 23.4. The van der Waals surface area contributed by atoms with Gasteiger partial charge in [0.2, 0.25) is 0 Å². The van der Waals surface area contributed by atoms with Gasteiger partial charge in [-0.15, -0.1) is 0 Å². The maximum atomic E-state index is 12.0. The van der Waals surface area contributed by atoms with E-state index >= 15 is 0 Å². The van der Waals surface area contributed by atoms with Crippen LogP contribution in [-0.2, 0) is 23.9 Å². The van der Waals surface area contributed by atoms with E-state index in [1.807, 2.05) is 24.3 Å². The van der Waals surface area contributed by atoms with E-state index in [2.05, 4.69) is 11.4 Å². The fourth-order valence-electron chi connectivity index (χ4n) is 2.49. The molecule has 0 aliphatic heterocycles. The molecule has 0 radical (unpaired) electrons. The van der Waals surface area contributed by atoms with Crippen LogP contribution in [0.3, 0.4) is 0 Å². The molecule has 0 fully saturated rings. The molecule has 0 spiro atoms. The number of benzene rings is 2. The fourth-order valence-corrected chi connectivity index (χ4v) is 2.49. The molecule has 0 aliphatic rings. The summed E-state index contributed by atoms with van der Waals surface area (Å²) < 4.78 is 15.0. The fraction of sp³-hybridized carbons (Fsp3) is 0.250. The van der Waals surface area contributed by atoms with Crippen molar-refractivity contribution in [2.24, 2.45) is 0 Å². The van der Waals surface area contributed by atoms with Crippen LogP contribution in [0.15, 0.2) is 60.7 Å². The van der Waals surface area contributed by atoms with Crippen LogP contribution in [0, 0.1) is 6.57 Å². The molecule has 0 aliphatic carbocycles. The molecular formula is C24H23NO6. The number of ether oxygens (including phenoxy) is 3. The van der Waals surface area contributed by atoms with Gasteiger partial charge >= 0.3 is 17.9 Å². The SMILES string of the molecule is [C-]#[N+]c1ccc(-c2ccc(OC(=O)CCCC(=O)OCCOC(=O)C(=C)C)cc2)cc1. The lowest BCUT2D eigenvalue weighted by atomic mass is 10.1. The maximum absolute atomic E-state index is 12.0. The second kappa shape index (κ2) is 11.9. The number of nitrogens with zero attached hydrogens (tertiary/aromatic N) is 1. The molecule has 7 heteroatoms. The van der Waals surface area contributed by atoms with Crippen LogP contribution in [0.5, 0.6) is 5.75 Å². The Morgan fingerprint density at radius 2 is 1.42 bits per heavy atom. The third-order valence-corrected chi connectivity index (χ3v) is 4.11. The molecule has 0 N–H and O–H groups in total. The van der Waals surface area contributed by atoms with Gasteiger partial charge in [0.1, 0.15) is 19.0 Å². The summed E-state index contributed by atoms with van der Waals surface area (Å²) in [5.41, 5.74) is 2.74. The molecule has 0 aromatic heterocycles. The third kappa shape index (κ3) is 8.15. The maximum Gasteiger partial charge on any atom is 0.333 e. The lowest BCUT2D eigenvalue weighted by Crippen LogP contribution is -2.14. The van der Waals surface area contributed by atoms with Crippen molar-refractivity contribution in [3.8, 4) is 16.9 Å². The van der Waals surface area contributed by atoms with E-state index in [1.54, 1.807) is 24.3 Å². The zero-order valence-electron chi connectivity index (χ0n) is 17.3. The Bertz CT molecular complexity index is 971. The highest BCUT2D eigenvalue weighted by Gasteiger charge is 2.10. The second-order valence-electron chi connectivity index (χ2n) is 6.65. The molecule has 31 heavy (non-hydrogen) atoms. The van der Waals surface area contributed by atoms with Crippen LogP contribution in [-0.4, -0.2) is 31.1 Å². The summed E-state index contributed by atoms with van der Waals surface area (Å²) in [6.45, 7) is 11.9. The zero-order valence-corrected chi connectivity index (χ0v) is 17.3. The Hall–Kier alpha value is -3.92. The topological polar surface area (TPSA) is 83.3 Å². The van der Waals surface area contributed by atoms with Gasteiger partial charge in [-0.25, -0.2) is 9.64 Å². The number of hydrogen-bond donors (Lipinski definition) is 0. The van der Waals surface area contributed by atoms with Crippen molar-refractivity contribution in [1.29, 1.82) is 0 Å². The summed E-state index contributed by atoms with van der Waals surface area (Å²) in [6.07, 6.45) is 0.414. The average Bonchev–Trinajstić information content (AvgIpc) is 2.77. The van der Waals surface area contributed by atoms with Gasteiger partial charge in [0.15, 0.2) is 5.69 Å². The lowest BCUT2D eigenvalue weighted by Gasteiger charge is -2.07. The molecule has 0 amide bonds. The summed E-state index contributed by atoms with van der Waals surface area (Å²) in [5.74, 6) is -1.05. The van der Waals surface area contributed by atoms with Crippen molar-refractivity contribution in [2.45, 2.75) is 26.2 Å². The normalized spacial score (nSPS) is 9.94. The van der Waals surface area contributed by atoms with E-state index in [0.717, 1.165) is 11.1 Å². The van der Waals surface area contributed by atoms with Gasteiger partial charge in [-0.3, -0.25) is 9.59 Å². The smallest absolute Gasteiger partial charge is 0.333 e. The van der Waals surface area contributed by atoms with Gasteiger partial charge in [-0.05, 0) is 36.6 Å². The molecule has 0 saturated carbocycles. The molecule has 0 unspecified atom stereocenters. The monoisotopic (exact) mass is 421 g/mol. The number of hydrogen-bond acceptors (Lipinski definition) is 6. The Kier molecular flexibility index (Phi) is 8.99. The van der Waals surface area contributed by atoms with Crippen LogP contribution in [0.4, 0.5) is 5.69 Å². The van der Waals surface area contributed by atoms with Crippen molar-refractivity contribution in [3.63, 3.8) is 0 Å². The van der Waals surface area contributed by atoms with E-state index in [-0.39, 0.29) is 38.0 Å². The predicted molar refractivity (Wildman–Crippen MR) is 114 cm³/mol. The van der Waals surface area contributed by atoms with Crippen LogP contribution < -0.4 is 4.74 Å². The highest BCUT2D eigenvalue weighted by atomic mass is 16.6. The van der Waals surface area contributed by atoms with Gasteiger partial charge in [0, 0.05) is 18.4 Å². The molecule has 0 heterocycles. The third-order valence-electron chi connectivity index (χ3n) is 4.11. The van der Waals surface area contributed by atoms with Gasteiger partial charge in [-0.2, -0.15) is 0 Å². The molecule has 2 rings (SSSR count). The predicted octanol–water partition coefficient (Wildman–Crippen LogP) is 4.64. The molecule has 2 aromatic rings. The Balaban J connectivity index is 1.68. The average molecular weight is 421 g/mol. The summed E-state index contributed by atoms with van der Waals surface area (Å²) in [7, 11) is 0. The lowest BCUT2D eigenvalue weighted by molar-refractivity contribution is -0.150. The van der Waals surface area contributed by atoms with E-state index in [9.17, 15) is 14.4 Å². The summed E-state index contributed by atoms with van der Waals surface area (Å²) in [5, 5.41) is 0. The summed E-state index contributed by atoms with van der Waals surface area (Å²) in [6, 6.07) is 14.2. The minimum atomic E-state index is -0.537.